The monoisotopic (exact) mass is 294 g/mol. The maximum Gasteiger partial charge on any atom is 0.243 e. The molecule has 6 nitrogen and oxygen atoms in total. The van der Waals surface area contributed by atoms with Crippen LogP contribution in [-0.2, 0) is 16.6 Å². The quantitative estimate of drug-likeness (QED) is 0.911. The molecule has 0 radical (unpaired) electrons. The third-order valence-corrected chi connectivity index (χ3v) is 4.91. The Bertz CT molecular complexity index is 648. The van der Waals surface area contributed by atoms with Gasteiger partial charge in [0.1, 0.15) is 12.2 Å². The largest absolute Gasteiger partial charge is 0.262 e. The minimum atomic E-state index is -3.51. The lowest BCUT2D eigenvalue weighted by molar-refractivity contribution is 0.457. The van der Waals surface area contributed by atoms with Gasteiger partial charge in [-0.3, -0.25) is 5.10 Å². The minimum absolute atomic E-state index is 0.161. The van der Waals surface area contributed by atoms with Crippen LogP contribution in [0.5, 0.6) is 0 Å². The van der Waals surface area contributed by atoms with Crippen molar-refractivity contribution in [3.05, 3.63) is 42.0 Å². The van der Waals surface area contributed by atoms with Crippen molar-refractivity contribution >= 4 is 10.0 Å². The van der Waals surface area contributed by atoms with Crippen molar-refractivity contribution < 1.29 is 8.42 Å². The number of H-pyrrole nitrogens is 1. The molecule has 0 unspecified atom stereocenters. The molecule has 0 saturated carbocycles. The van der Waals surface area contributed by atoms with Crippen molar-refractivity contribution in [2.75, 3.05) is 7.05 Å². The topological polar surface area (TPSA) is 79.0 Å². The van der Waals surface area contributed by atoms with Crippen molar-refractivity contribution in [2.24, 2.45) is 0 Å². The number of hydrogen-bond acceptors (Lipinski definition) is 4. The number of rotatable bonds is 5. The molecule has 108 valence electrons. The maximum absolute atomic E-state index is 12.4. The van der Waals surface area contributed by atoms with Gasteiger partial charge in [0.05, 0.1) is 11.4 Å². The van der Waals surface area contributed by atoms with Crippen LogP contribution in [0.3, 0.4) is 0 Å². The lowest BCUT2D eigenvalue weighted by Crippen LogP contribution is -2.27. The average molecular weight is 294 g/mol. The van der Waals surface area contributed by atoms with Crippen molar-refractivity contribution in [2.45, 2.75) is 31.2 Å². The second-order valence-electron chi connectivity index (χ2n) is 4.92. The lowest BCUT2D eigenvalue weighted by Gasteiger charge is -2.16. The van der Waals surface area contributed by atoms with Gasteiger partial charge in [0.2, 0.25) is 10.0 Å². The van der Waals surface area contributed by atoms with E-state index in [1.165, 1.54) is 17.7 Å². The molecule has 0 fully saturated rings. The minimum Gasteiger partial charge on any atom is -0.262 e. The second-order valence-corrected chi connectivity index (χ2v) is 6.96. The SMILES string of the molecule is CC(C)c1ccc(S(=O)(=O)N(C)Cc2ncn[nH]2)cc1. The van der Waals surface area contributed by atoms with Crippen molar-refractivity contribution in [3.63, 3.8) is 0 Å². The number of benzene rings is 1. The summed E-state index contributed by atoms with van der Waals surface area (Å²) in [6, 6.07) is 6.97. The molecule has 1 aromatic carbocycles. The molecular formula is C13H18N4O2S. The van der Waals surface area contributed by atoms with Crippen molar-refractivity contribution in [1.82, 2.24) is 19.5 Å². The molecule has 20 heavy (non-hydrogen) atoms. The van der Waals surface area contributed by atoms with Crippen LogP contribution < -0.4 is 0 Å². The van der Waals surface area contributed by atoms with Gasteiger partial charge in [-0.1, -0.05) is 26.0 Å². The summed E-state index contributed by atoms with van der Waals surface area (Å²) < 4.78 is 26.1. The van der Waals surface area contributed by atoms with E-state index in [2.05, 4.69) is 29.0 Å². The Morgan fingerprint density at radius 1 is 1.25 bits per heavy atom. The van der Waals surface area contributed by atoms with E-state index in [0.29, 0.717) is 11.7 Å². The predicted octanol–water partition coefficient (Wildman–Crippen LogP) is 1.75. The first-order valence-electron chi connectivity index (χ1n) is 6.32. The molecule has 0 aliphatic carbocycles. The molecule has 1 heterocycles. The first-order chi connectivity index (χ1) is 9.41. The van der Waals surface area contributed by atoms with Gasteiger partial charge in [0.25, 0.3) is 0 Å². The Balaban J connectivity index is 2.21. The number of hydrogen-bond donors (Lipinski definition) is 1. The summed E-state index contributed by atoms with van der Waals surface area (Å²) in [6.07, 6.45) is 1.35. The molecular weight excluding hydrogens is 276 g/mol. The molecule has 0 amide bonds. The fourth-order valence-electron chi connectivity index (χ4n) is 1.81. The molecule has 2 aromatic rings. The van der Waals surface area contributed by atoms with Gasteiger partial charge in [0, 0.05) is 7.05 Å². The highest BCUT2D eigenvalue weighted by atomic mass is 32.2. The zero-order chi connectivity index (χ0) is 14.8. The summed E-state index contributed by atoms with van der Waals surface area (Å²) >= 11 is 0. The van der Waals surface area contributed by atoms with Gasteiger partial charge in [-0.15, -0.1) is 0 Å². The molecule has 0 bridgehead atoms. The van der Waals surface area contributed by atoms with Crippen molar-refractivity contribution in [3.8, 4) is 0 Å². The van der Waals surface area contributed by atoms with Crippen LogP contribution in [0, 0.1) is 0 Å². The van der Waals surface area contributed by atoms with Crippen LogP contribution in [0.1, 0.15) is 31.2 Å². The van der Waals surface area contributed by atoms with Crippen LogP contribution in [-0.4, -0.2) is 35.0 Å². The van der Waals surface area contributed by atoms with Gasteiger partial charge in [-0.2, -0.15) is 9.40 Å². The highest BCUT2D eigenvalue weighted by Gasteiger charge is 2.21. The average Bonchev–Trinajstić information content (AvgIpc) is 2.91. The Kier molecular flexibility index (Phi) is 4.20. The fraction of sp³-hybridized carbons (Fsp3) is 0.385. The van der Waals surface area contributed by atoms with Gasteiger partial charge >= 0.3 is 0 Å². The van der Waals surface area contributed by atoms with E-state index in [-0.39, 0.29) is 11.4 Å². The standard InChI is InChI=1S/C13H18N4O2S/c1-10(2)11-4-6-12(7-5-11)20(18,19)17(3)8-13-14-9-15-16-13/h4-7,9-10H,8H2,1-3H3,(H,14,15,16). The van der Waals surface area contributed by atoms with E-state index in [1.54, 1.807) is 12.1 Å². The van der Waals surface area contributed by atoms with E-state index < -0.39 is 10.0 Å². The van der Waals surface area contributed by atoms with Crippen LogP contribution in [0.25, 0.3) is 0 Å². The lowest BCUT2D eigenvalue weighted by atomic mass is 10.0. The Morgan fingerprint density at radius 3 is 2.40 bits per heavy atom. The highest BCUT2D eigenvalue weighted by molar-refractivity contribution is 7.89. The second kappa shape index (κ2) is 5.72. The van der Waals surface area contributed by atoms with Gasteiger partial charge in [-0.05, 0) is 23.6 Å². The van der Waals surface area contributed by atoms with Crippen LogP contribution in [0.2, 0.25) is 0 Å². The molecule has 1 aromatic heterocycles. The fourth-order valence-corrected chi connectivity index (χ4v) is 2.94. The number of sulfonamides is 1. The predicted molar refractivity (Wildman–Crippen MR) is 75.6 cm³/mol. The van der Waals surface area contributed by atoms with Crippen molar-refractivity contribution in [1.29, 1.82) is 0 Å². The number of nitrogens with zero attached hydrogens (tertiary/aromatic N) is 3. The summed E-state index contributed by atoms with van der Waals surface area (Å²) in [5.74, 6) is 0.883. The van der Waals surface area contributed by atoms with E-state index >= 15 is 0 Å². The summed E-state index contributed by atoms with van der Waals surface area (Å²) in [7, 11) is -1.99. The van der Waals surface area contributed by atoms with Gasteiger partial charge in [-0.25, -0.2) is 13.4 Å². The van der Waals surface area contributed by atoms with Gasteiger partial charge < -0.3 is 0 Å². The van der Waals surface area contributed by atoms with E-state index in [0.717, 1.165) is 5.56 Å². The third-order valence-electron chi connectivity index (χ3n) is 3.09. The summed E-state index contributed by atoms with van der Waals surface area (Å²) in [4.78, 5) is 4.21. The Hall–Kier alpha value is -1.73. The molecule has 0 aliphatic rings. The summed E-state index contributed by atoms with van der Waals surface area (Å²) in [5.41, 5.74) is 1.11. The van der Waals surface area contributed by atoms with Crippen LogP contribution in [0.15, 0.2) is 35.5 Å². The normalized spacial score (nSPS) is 12.2. The zero-order valence-electron chi connectivity index (χ0n) is 11.7. The maximum atomic E-state index is 12.4. The van der Waals surface area contributed by atoms with Crippen LogP contribution in [0.4, 0.5) is 0 Å². The molecule has 7 heteroatoms. The smallest absolute Gasteiger partial charge is 0.243 e. The Morgan fingerprint density at radius 2 is 1.90 bits per heavy atom. The van der Waals surface area contributed by atoms with E-state index in [4.69, 9.17) is 0 Å². The van der Waals surface area contributed by atoms with E-state index in [1.807, 2.05) is 12.1 Å². The molecule has 0 spiro atoms. The molecule has 1 N–H and O–H groups in total. The zero-order valence-corrected chi connectivity index (χ0v) is 12.6. The number of aromatic amines is 1. The molecule has 2 rings (SSSR count). The van der Waals surface area contributed by atoms with Crippen LogP contribution >= 0.6 is 0 Å². The first kappa shape index (κ1) is 14.7. The number of aromatic nitrogens is 3. The summed E-state index contributed by atoms with van der Waals surface area (Å²) in [6.45, 7) is 4.30. The van der Waals surface area contributed by atoms with E-state index in [9.17, 15) is 8.42 Å². The molecule has 0 saturated heterocycles. The Labute approximate surface area is 118 Å². The highest BCUT2D eigenvalue weighted by Crippen LogP contribution is 2.20. The molecule has 0 aliphatic heterocycles. The number of nitrogens with one attached hydrogen (secondary N) is 1. The third kappa shape index (κ3) is 3.05. The molecule has 0 atom stereocenters. The first-order valence-corrected chi connectivity index (χ1v) is 7.76. The van der Waals surface area contributed by atoms with Gasteiger partial charge in [0.15, 0.2) is 0 Å². The summed E-state index contributed by atoms with van der Waals surface area (Å²) in [5, 5.41) is 6.35.